The summed E-state index contributed by atoms with van der Waals surface area (Å²) >= 11 is 0. The van der Waals surface area contributed by atoms with Gasteiger partial charge in [-0.2, -0.15) is 0 Å². The molecule has 2 N–H and O–H groups in total. The molecule has 0 spiro atoms. The molecule has 1 unspecified atom stereocenters. The van der Waals surface area contributed by atoms with Crippen molar-refractivity contribution in [2.24, 2.45) is 0 Å². The van der Waals surface area contributed by atoms with Crippen LogP contribution >= 0.6 is 0 Å². The van der Waals surface area contributed by atoms with Crippen molar-refractivity contribution in [3.8, 4) is 0 Å². The minimum atomic E-state index is -0.915. The molecule has 2 aliphatic rings. The number of benzene rings is 1. The van der Waals surface area contributed by atoms with Gasteiger partial charge in [-0.25, -0.2) is 8.78 Å². The molecule has 0 radical (unpaired) electrons. The number of hydrogen-bond donors (Lipinski definition) is 2. The number of ether oxygens (including phenoxy) is 1. The molecule has 20 heavy (non-hydrogen) atoms. The molecule has 0 bridgehead atoms. The highest BCUT2D eigenvalue weighted by molar-refractivity contribution is 5.45. The molecular weight excluding hydrogens is 264 g/mol. The first-order valence-electron chi connectivity index (χ1n) is 7.15. The van der Waals surface area contributed by atoms with Crippen molar-refractivity contribution >= 4 is 5.69 Å². The lowest BCUT2D eigenvalue weighted by molar-refractivity contribution is -0.168. The first-order chi connectivity index (χ1) is 9.59. The average Bonchev–Trinajstić information content (AvgIpc) is 2.43. The van der Waals surface area contributed by atoms with Crippen LogP contribution in [0, 0.1) is 11.6 Å². The molecule has 0 aromatic heterocycles. The minimum Gasteiger partial charge on any atom is -0.385 e. The molecule has 1 saturated carbocycles. The summed E-state index contributed by atoms with van der Waals surface area (Å²) in [5.74, 6) is -1.74. The van der Waals surface area contributed by atoms with E-state index in [-0.39, 0.29) is 12.1 Å². The highest BCUT2D eigenvalue weighted by atomic mass is 19.2. The van der Waals surface area contributed by atoms with Crippen LogP contribution in [0.2, 0.25) is 0 Å². The fourth-order valence-corrected chi connectivity index (χ4v) is 3.36. The van der Waals surface area contributed by atoms with Gasteiger partial charge in [0.1, 0.15) is 5.60 Å². The monoisotopic (exact) mass is 283 g/mol. The van der Waals surface area contributed by atoms with E-state index in [2.05, 4.69) is 5.32 Å². The Morgan fingerprint density at radius 2 is 2.05 bits per heavy atom. The largest absolute Gasteiger partial charge is 0.385 e. The van der Waals surface area contributed by atoms with Gasteiger partial charge in [0.25, 0.3) is 0 Å². The number of fused-ring (bicyclic) bond motifs is 1. The Morgan fingerprint density at radius 1 is 1.20 bits per heavy atom. The Bertz CT molecular complexity index is 495. The van der Waals surface area contributed by atoms with Gasteiger partial charge in [0.2, 0.25) is 0 Å². The molecule has 110 valence electrons. The summed E-state index contributed by atoms with van der Waals surface area (Å²) in [6.07, 6.45) is 3.95. The van der Waals surface area contributed by atoms with Crippen LogP contribution in [0.4, 0.5) is 14.5 Å². The number of anilines is 1. The van der Waals surface area contributed by atoms with Gasteiger partial charge in [0, 0.05) is 18.4 Å². The maximum Gasteiger partial charge on any atom is 0.160 e. The molecule has 2 fully saturated rings. The van der Waals surface area contributed by atoms with E-state index < -0.39 is 17.2 Å². The van der Waals surface area contributed by atoms with E-state index in [0.717, 1.165) is 37.8 Å². The Kier molecular flexibility index (Phi) is 3.65. The lowest BCUT2D eigenvalue weighted by Crippen LogP contribution is -2.60. The molecule has 1 aliphatic carbocycles. The van der Waals surface area contributed by atoms with Crippen molar-refractivity contribution < 1.29 is 18.6 Å². The molecule has 3 atom stereocenters. The zero-order chi connectivity index (χ0) is 14.2. The summed E-state index contributed by atoms with van der Waals surface area (Å²) in [4.78, 5) is 0. The predicted octanol–water partition coefficient (Wildman–Crippen LogP) is 2.84. The fraction of sp³-hybridized carbons (Fsp3) is 0.600. The van der Waals surface area contributed by atoms with E-state index >= 15 is 0 Å². The topological polar surface area (TPSA) is 41.5 Å². The van der Waals surface area contributed by atoms with Gasteiger partial charge in [0.15, 0.2) is 11.6 Å². The lowest BCUT2D eigenvalue weighted by atomic mass is 9.74. The number of aliphatic hydroxyl groups is 1. The van der Waals surface area contributed by atoms with E-state index in [9.17, 15) is 13.9 Å². The van der Waals surface area contributed by atoms with Gasteiger partial charge in [0.05, 0.1) is 12.1 Å². The smallest absolute Gasteiger partial charge is 0.160 e. The van der Waals surface area contributed by atoms with Crippen LogP contribution in [-0.4, -0.2) is 29.5 Å². The van der Waals surface area contributed by atoms with Gasteiger partial charge in [-0.15, -0.1) is 0 Å². The van der Waals surface area contributed by atoms with Crippen LogP contribution in [-0.2, 0) is 4.74 Å². The van der Waals surface area contributed by atoms with Crippen molar-refractivity contribution in [3.63, 3.8) is 0 Å². The molecule has 1 aromatic carbocycles. The molecule has 1 saturated heterocycles. The Hall–Kier alpha value is -1.20. The molecule has 5 heteroatoms. The van der Waals surface area contributed by atoms with Crippen molar-refractivity contribution in [1.82, 2.24) is 0 Å². The second kappa shape index (κ2) is 5.30. The van der Waals surface area contributed by atoms with Gasteiger partial charge in [-0.1, -0.05) is 0 Å². The highest BCUT2D eigenvalue weighted by Crippen LogP contribution is 2.39. The van der Waals surface area contributed by atoms with Gasteiger partial charge < -0.3 is 15.2 Å². The SMILES string of the molecule is O[C@]12CCCO[C@H]1CCCC2Nc1ccc(F)c(F)c1. The van der Waals surface area contributed by atoms with Gasteiger partial charge in [-0.3, -0.25) is 0 Å². The van der Waals surface area contributed by atoms with Crippen molar-refractivity contribution in [2.45, 2.75) is 49.9 Å². The summed E-state index contributed by atoms with van der Waals surface area (Å²) in [5.41, 5.74) is -0.421. The summed E-state index contributed by atoms with van der Waals surface area (Å²) in [6, 6.07) is 3.53. The van der Waals surface area contributed by atoms with Gasteiger partial charge >= 0.3 is 0 Å². The number of hydrogen-bond acceptors (Lipinski definition) is 3. The predicted molar refractivity (Wildman–Crippen MR) is 71.5 cm³/mol. The van der Waals surface area contributed by atoms with Crippen LogP contribution in [0.3, 0.4) is 0 Å². The normalized spacial score (nSPS) is 33.5. The molecule has 3 nitrogen and oxygen atoms in total. The van der Waals surface area contributed by atoms with E-state index in [0.29, 0.717) is 18.7 Å². The maximum atomic E-state index is 13.3. The van der Waals surface area contributed by atoms with Crippen LogP contribution in [0.5, 0.6) is 0 Å². The molecule has 1 aromatic rings. The van der Waals surface area contributed by atoms with Crippen LogP contribution in [0.25, 0.3) is 0 Å². The molecule has 1 aliphatic heterocycles. The van der Waals surface area contributed by atoms with E-state index in [1.807, 2.05) is 0 Å². The quantitative estimate of drug-likeness (QED) is 0.877. The summed E-state index contributed by atoms with van der Waals surface area (Å²) in [7, 11) is 0. The van der Waals surface area contributed by atoms with Crippen LogP contribution in [0.15, 0.2) is 18.2 Å². The van der Waals surface area contributed by atoms with E-state index in [4.69, 9.17) is 4.74 Å². The van der Waals surface area contributed by atoms with E-state index in [1.54, 1.807) is 0 Å². The first kappa shape index (κ1) is 13.8. The Morgan fingerprint density at radius 3 is 2.85 bits per heavy atom. The van der Waals surface area contributed by atoms with Crippen molar-refractivity contribution in [2.75, 3.05) is 11.9 Å². The zero-order valence-electron chi connectivity index (χ0n) is 11.2. The molecule has 3 rings (SSSR count). The third kappa shape index (κ3) is 2.40. The molecule has 1 heterocycles. The number of nitrogens with one attached hydrogen (secondary N) is 1. The first-order valence-corrected chi connectivity index (χ1v) is 7.15. The van der Waals surface area contributed by atoms with Crippen molar-refractivity contribution in [1.29, 1.82) is 0 Å². The highest BCUT2D eigenvalue weighted by Gasteiger charge is 2.48. The van der Waals surface area contributed by atoms with Crippen molar-refractivity contribution in [3.05, 3.63) is 29.8 Å². The Balaban J connectivity index is 1.79. The van der Waals surface area contributed by atoms with Gasteiger partial charge in [-0.05, 0) is 44.2 Å². The number of halogens is 2. The minimum absolute atomic E-state index is 0.159. The molecular formula is C15H19F2NO2. The number of rotatable bonds is 2. The maximum absolute atomic E-state index is 13.3. The Labute approximate surface area is 116 Å². The average molecular weight is 283 g/mol. The lowest BCUT2D eigenvalue weighted by Gasteiger charge is -2.48. The summed E-state index contributed by atoms with van der Waals surface area (Å²) in [5, 5.41) is 14.0. The molecule has 0 amide bonds. The standard InChI is InChI=1S/C15H19F2NO2/c16-11-6-5-10(9-12(11)17)18-13-3-1-4-14-15(13,19)7-2-8-20-14/h5-6,9,13-14,18-19H,1-4,7-8H2/t13?,14-,15-/m0/s1. The van der Waals surface area contributed by atoms with Crippen LogP contribution < -0.4 is 5.32 Å². The fourth-order valence-electron chi connectivity index (χ4n) is 3.36. The van der Waals surface area contributed by atoms with E-state index in [1.165, 1.54) is 6.07 Å². The van der Waals surface area contributed by atoms with Crippen LogP contribution in [0.1, 0.15) is 32.1 Å². The third-order valence-electron chi connectivity index (χ3n) is 4.42. The second-order valence-electron chi connectivity index (χ2n) is 5.71. The summed E-state index contributed by atoms with van der Waals surface area (Å²) in [6.45, 7) is 0.685. The third-order valence-corrected chi connectivity index (χ3v) is 4.42. The summed E-state index contributed by atoms with van der Waals surface area (Å²) < 4.78 is 31.9. The second-order valence-corrected chi connectivity index (χ2v) is 5.71. The zero-order valence-corrected chi connectivity index (χ0v) is 11.2.